The summed E-state index contributed by atoms with van der Waals surface area (Å²) in [5.41, 5.74) is 6.36. The van der Waals surface area contributed by atoms with Gasteiger partial charge in [0.15, 0.2) is 11.5 Å². The Balaban J connectivity index is 2.12. The molecule has 1 aliphatic heterocycles. The first-order valence-electron chi connectivity index (χ1n) is 6.08. The molecule has 1 aromatic carbocycles. The van der Waals surface area contributed by atoms with Gasteiger partial charge in [-0.15, -0.1) is 0 Å². The van der Waals surface area contributed by atoms with Crippen LogP contribution in [0.5, 0.6) is 11.5 Å². The quantitative estimate of drug-likeness (QED) is 0.902. The van der Waals surface area contributed by atoms with Crippen LogP contribution in [0.15, 0.2) is 12.1 Å². The van der Waals surface area contributed by atoms with E-state index in [9.17, 15) is 8.78 Å². The highest BCUT2D eigenvalue weighted by Gasteiger charge is 2.46. The molecule has 1 aliphatic carbocycles. The van der Waals surface area contributed by atoms with Gasteiger partial charge in [-0.05, 0) is 25.0 Å². The van der Waals surface area contributed by atoms with Crippen molar-refractivity contribution in [2.45, 2.75) is 24.7 Å². The summed E-state index contributed by atoms with van der Waals surface area (Å²) in [4.78, 5) is 0. The van der Waals surface area contributed by atoms with Gasteiger partial charge >= 0.3 is 0 Å². The summed E-state index contributed by atoms with van der Waals surface area (Å²) in [6, 6.07) is 2.90. The van der Waals surface area contributed by atoms with E-state index in [2.05, 4.69) is 0 Å². The van der Waals surface area contributed by atoms with Gasteiger partial charge in [0.25, 0.3) is 6.43 Å². The van der Waals surface area contributed by atoms with Gasteiger partial charge in [-0.25, -0.2) is 8.78 Å². The van der Waals surface area contributed by atoms with Crippen molar-refractivity contribution < 1.29 is 18.3 Å². The smallest absolute Gasteiger partial charge is 0.263 e. The Kier molecular flexibility index (Phi) is 2.66. The first-order chi connectivity index (χ1) is 8.66. The number of nitrogens with two attached hydrogens (primary N) is 1. The third-order valence-electron chi connectivity index (χ3n) is 3.73. The maximum absolute atomic E-state index is 12.9. The van der Waals surface area contributed by atoms with Gasteiger partial charge in [-0.1, -0.05) is 0 Å². The zero-order chi connectivity index (χ0) is 12.8. The summed E-state index contributed by atoms with van der Waals surface area (Å²) in [6.07, 6.45) is -0.661. The fraction of sp³-hybridized carbons (Fsp3) is 0.538. The maximum Gasteiger partial charge on any atom is 0.263 e. The molecule has 0 radical (unpaired) electrons. The Morgan fingerprint density at radius 2 is 1.94 bits per heavy atom. The van der Waals surface area contributed by atoms with Crippen LogP contribution in [0.2, 0.25) is 0 Å². The van der Waals surface area contributed by atoms with E-state index in [-0.39, 0.29) is 11.0 Å². The van der Waals surface area contributed by atoms with E-state index in [4.69, 9.17) is 15.2 Å². The van der Waals surface area contributed by atoms with Gasteiger partial charge in [-0.2, -0.15) is 0 Å². The van der Waals surface area contributed by atoms with Gasteiger partial charge in [0.05, 0.1) is 0 Å². The molecule has 98 valence electrons. The summed E-state index contributed by atoms with van der Waals surface area (Å²) in [5.74, 6) is 1.03. The van der Waals surface area contributed by atoms with Gasteiger partial charge in [0, 0.05) is 23.1 Å². The lowest BCUT2D eigenvalue weighted by Crippen LogP contribution is -2.24. The third-order valence-corrected chi connectivity index (χ3v) is 3.73. The first kappa shape index (κ1) is 11.7. The van der Waals surface area contributed by atoms with Gasteiger partial charge in [0.2, 0.25) is 0 Å². The van der Waals surface area contributed by atoms with Crippen molar-refractivity contribution in [3.05, 3.63) is 23.3 Å². The highest BCUT2D eigenvalue weighted by atomic mass is 19.3. The molecular weight excluding hydrogens is 240 g/mol. The van der Waals surface area contributed by atoms with E-state index in [0.717, 1.165) is 18.4 Å². The van der Waals surface area contributed by atoms with E-state index in [1.165, 1.54) is 12.1 Å². The van der Waals surface area contributed by atoms with Crippen LogP contribution >= 0.6 is 0 Å². The molecule has 2 N–H and O–H groups in total. The second kappa shape index (κ2) is 4.09. The molecule has 5 heteroatoms. The minimum Gasteiger partial charge on any atom is -0.486 e. The fourth-order valence-corrected chi connectivity index (χ4v) is 2.43. The SMILES string of the molecule is NCC1(c2cc(C(F)F)cc3c2OCCO3)CC1. The second-order valence-electron chi connectivity index (χ2n) is 4.88. The first-order valence-corrected chi connectivity index (χ1v) is 6.08. The molecule has 0 bridgehead atoms. The molecule has 1 heterocycles. The number of fused-ring (bicyclic) bond motifs is 1. The monoisotopic (exact) mass is 255 g/mol. The van der Waals surface area contributed by atoms with Crippen molar-refractivity contribution in [3.8, 4) is 11.5 Å². The van der Waals surface area contributed by atoms with E-state index in [1.54, 1.807) is 0 Å². The topological polar surface area (TPSA) is 44.5 Å². The minimum absolute atomic E-state index is 0.0195. The Bertz CT molecular complexity index is 472. The van der Waals surface area contributed by atoms with Gasteiger partial charge in [0.1, 0.15) is 13.2 Å². The highest BCUT2D eigenvalue weighted by Crippen LogP contribution is 2.54. The molecule has 0 atom stereocenters. The molecule has 18 heavy (non-hydrogen) atoms. The summed E-state index contributed by atoms with van der Waals surface area (Å²) in [6.45, 7) is 1.30. The lowest BCUT2D eigenvalue weighted by atomic mass is 9.92. The van der Waals surface area contributed by atoms with E-state index in [0.29, 0.717) is 31.3 Å². The van der Waals surface area contributed by atoms with Crippen LogP contribution < -0.4 is 15.2 Å². The molecule has 0 unspecified atom stereocenters. The van der Waals surface area contributed by atoms with Gasteiger partial charge < -0.3 is 15.2 Å². The van der Waals surface area contributed by atoms with Crippen LogP contribution in [-0.4, -0.2) is 19.8 Å². The average molecular weight is 255 g/mol. The molecule has 2 aliphatic rings. The van der Waals surface area contributed by atoms with Crippen LogP contribution in [0, 0.1) is 0 Å². The summed E-state index contributed by atoms with van der Waals surface area (Å²) in [5, 5.41) is 0. The summed E-state index contributed by atoms with van der Waals surface area (Å²) in [7, 11) is 0. The molecule has 1 fully saturated rings. The van der Waals surface area contributed by atoms with Crippen molar-refractivity contribution in [1.29, 1.82) is 0 Å². The normalized spacial score (nSPS) is 20.0. The molecule has 1 saturated carbocycles. The number of hydrogen-bond acceptors (Lipinski definition) is 3. The van der Waals surface area contributed by atoms with Crippen LogP contribution in [0.3, 0.4) is 0 Å². The standard InChI is InChI=1S/C13H15F2NO2/c14-12(15)8-5-9(13(7-16)1-2-13)11-10(6-8)17-3-4-18-11/h5-6,12H,1-4,7,16H2. The van der Waals surface area contributed by atoms with Crippen molar-refractivity contribution >= 4 is 0 Å². The number of rotatable bonds is 3. The van der Waals surface area contributed by atoms with Crippen LogP contribution in [0.1, 0.15) is 30.4 Å². The number of alkyl halides is 2. The summed E-state index contributed by atoms with van der Waals surface area (Å²) < 4.78 is 36.8. The Labute approximate surface area is 104 Å². The molecule has 0 spiro atoms. The average Bonchev–Trinajstić information content (AvgIpc) is 3.18. The molecule has 0 saturated heterocycles. The molecule has 1 aromatic rings. The Morgan fingerprint density at radius 1 is 1.22 bits per heavy atom. The number of hydrogen-bond donors (Lipinski definition) is 1. The largest absolute Gasteiger partial charge is 0.486 e. The van der Waals surface area contributed by atoms with Crippen molar-refractivity contribution in [2.75, 3.05) is 19.8 Å². The fourth-order valence-electron chi connectivity index (χ4n) is 2.43. The molecule has 0 aromatic heterocycles. The van der Waals surface area contributed by atoms with E-state index < -0.39 is 6.43 Å². The molecule has 3 rings (SSSR count). The third kappa shape index (κ3) is 1.73. The maximum atomic E-state index is 12.9. The van der Waals surface area contributed by atoms with Crippen LogP contribution in [0.25, 0.3) is 0 Å². The number of halogens is 2. The van der Waals surface area contributed by atoms with Crippen LogP contribution in [-0.2, 0) is 5.41 Å². The second-order valence-corrected chi connectivity index (χ2v) is 4.88. The summed E-state index contributed by atoms with van der Waals surface area (Å²) >= 11 is 0. The van der Waals surface area contributed by atoms with Crippen molar-refractivity contribution in [1.82, 2.24) is 0 Å². The molecular formula is C13H15F2NO2. The predicted molar refractivity (Wildman–Crippen MR) is 62.4 cm³/mol. The van der Waals surface area contributed by atoms with E-state index >= 15 is 0 Å². The molecule has 0 amide bonds. The van der Waals surface area contributed by atoms with Gasteiger partial charge in [-0.3, -0.25) is 0 Å². The lowest BCUT2D eigenvalue weighted by Gasteiger charge is -2.25. The van der Waals surface area contributed by atoms with Crippen LogP contribution in [0.4, 0.5) is 8.78 Å². The zero-order valence-corrected chi connectivity index (χ0v) is 9.92. The molecule has 3 nitrogen and oxygen atoms in total. The Morgan fingerprint density at radius 3 is 2.56 bits per heavy atom. The lowest BCUT2D eigenvalue weighted by molar-refractivity contribution is 0.146. The highest BCUT2D eigenvalue weighted by molar-refractivity contribution is 5.55. The zero-order valence-electron chi connectivity index (χ0n) is 9.92. The van der Waals surface area contributed by atoms with Crippen molar-refractivity contribution in [3.63, 3.8) is 0 Å². The Hall–Kier alpha value is -1.36. The number of ether oxygens (including phenoxy) is 2. The van der Waals surface area contributed by atoms with Crippen molar-refractivity contribution in [2.24, 2.45) is 5.73 Å². The predicted octanol–water partition coefficient (Wildman–Crippen LogP) is 2.39. The minimum atomic E-state index is -2.51. The van der Waals surface area contributed by atoms with E-state index in [1.807, 2.05) is 0 Å². The number of benzene rings is 1.